The molecule has 0 saturated heterocycles. The van der Waals surface area contributed by atoms with E-state index in [-0.39, 0.29) is 5.56 Å². The van der Waals surface area contributed by atoms with Gasteiger partial charge in [0.2, 0.25) is 5.96 Å². The first-order chi connectivity index (χ1) is 8.74. The Kier molecular flexibility index (Phi) is 2.52. The van der Waals surface area contributed by atoms with Crippen molar-refractivity contribution in [3.63, 3.8) is 0 Å². The molecule has 0 spiro atoms. The highest BCUT2D eigenvalue weighted by molar-refractivity contribution is 7.98. The van der Waals surface area contributed by atoms with E-state index in [9.17, 15) is 4.79 Å². The van der Waals surface area contributed by atoms with Gasteiger partial charge in [-0.05, 0) is 18.2 Å². The Morgan fingerprint density at radius 1 is 1.44 bits per heavy atom. The molecule has 1 aromatic carbocycles. The van der Waals surface area contributed by atoms with Gasteiger partial charge < -0.3 is 10.4 Å². The summed E-state index contributed by atoms with van der Waals surface area (Å²) in [6, 6.07) is 4.90. The van der Waals surface area contributed by atoms with Gasteiger partial charge in [0.25, 0.3) is 0 Å². The fraction of sp³-hybridized carbons (Fsp3) is 0. The smallest absolute Gasteiger partial charge is 0.335 e. The quantitative estimate of drug-likeness (QED) is 0.766. The summed E-state index contributed by atoms with van der Waals surface area (Å²) in [7, 11) is 0. The van der Waals surface area contributed by atoms with E-state index in [0.717, 1.165) is 10.6 Å². The SMILES string of the molecule is O=C(O)c1ccc2c(c1)SN=C(n1ccnc1)N2. The molecule has 2 N–H and O–H groups in total. The number of carboxylic acid groups (broad SMARTS) is 1. The highest BCUT2D eigenvalue weighted by Gasteiger charge is 2.15. The topological polar surface area (TPSA) is 79.5 Å². The third kappa shape index (κ3) is 1.84. The molecule has 18 heavy (non-hydrogen) atoms. The minimum absolute atomic E-state index is 0.254. The van der Waals surface area contributed by atoms with Crippen molar-refractivity contribution in [1.82, 2.24) is 9.55 Å². The second-order valence-corrected chi connectivity index (χ2v) is 4.42. The van der Waals surface area contributed by atoms with Crippen LogP contribution < -0.4 is 5.32 Å². The van der Waals surface area contributed by atoms with Crippen LogP contribution in [0.4, 0.5) is 5.69 Å². The lowest BCUT2D eigenvalue weighted by molar-refractivity contribution is 0.0696. The van der Waals surface area contributed by atoms with Crippen molar-refractivity contribution in [2.75, 3.05) is 5.32 Å². The van der Waals surface area contributed by atoms with Crippen LogP contribution >= 0.6 is 11.9 Å². The molecule has 1 aliphatic rings. The number of nitrogens with zero attached hydrogens (tertiary/aromatic N) is 3. The molecule has 90 valence electrons. The molecule has 2 aromatic rings. The number of rotatable bonds is 1. The predicted octanol–water partition coefficient (Wildman–Crippen LogP) is 1.92. The molecule has 2 heterocycles. The zero-order valence-corrected chi connectivity index (χ0v) is 9.89. The number of fused-ring (bicyclic) bond motifs is 1. The number of aromatic nitrogens is 2. The molecule has 0 fully saturated rings. The van der Waals surface area contributed by atoms with Crippen molar-refractivity contribution in [2.45, 2.75) is 4.90 Å². The Hall–Kier alpha value is -2.28. The van der Waals surface area contributed by atoms with Gasteiger partial charge in [0.05, 0.1) is 16.1 Å². The number of carbonyl (C=O) groups is 1. The number of aromatic carboxylic acids is 1. The fourth-order valence-electron chi connectivity index (χ4n) is 1.57. The number of hydrogen-bond donors (Lipinski definition) is 2. The fourth-order valence-corrected chi connectivity index (χ4v) is 2.29. The summed E-state index contributed by atoms with van der Waals surface area (Å²) < 4.78 is 6.02. The van der Waals surface area contributed by atoms with Gasteiger partial charge in [-0.3, -0.25) is 4.57 Å². The Balaban J connectivity index is 1.93. The lowest BCUT2D eigenvalue weighted by Gasteiger charge is -2.17. The number of imidazole rings is 1. The number of benzene rings is 1. The molecule has 0 atom stereocenters. The van der Waals surface area contributed by atoms with Crippen LogP contribution in [0.5, 0.6) is 0 Å². The van der Waals surface area contributed by atoms with Crippen LogP contribution in [0.2, 0.25) is 0 Å². The summed E-state index contributed by atoms with van der Waals surface area (Å²) in [6.45, 7) is 0. The van der Waals surface area contributed by atoms with Gasteiger partial charge in [0.1, 0.15) is 6.33 Å². The van der Waals surface area contributed by atoms with Crippen molar-refractivity contribution in [1.29, 1.82) is 0 Å². The van der Waals surface area contributed by atoms with Crippen LogP contribution in [0.3, 0.4) is 0 Å². The lowest BCUT2D eigenvalue weighted by atomic mass is 10.2. The Morgan fingerprint density at radius 3 is 3.06 bits per heavy atom. The summed E-state index contributed by atoms with van der Waals surface area (Å²) in [5.41, 5.74) is 1.09. The zero-order chi connectivity index (χ0) is 12.5. The van der Waals surface area contributed by atoms with Gasteiger partial charge in [0, 0.05) is 24.3 Å². The first-order valence-corrected chi connectivity index (χ1v) is 5.89. The number of anilines is 1. The average Bonchev–Trinajstić information content (AvgIpc) is 2.91. The summed E-state index contributed by atoms with van der Waals surface area (Å²) >= 11 is 1.24. The maximum absolute atomic E-state index is 10.9. The summed E-state index contributed by atoms with van der Waals surface area (Å²) in [5, 5.41) is 12.0. The Morgan fingerprint density at radius 2 is 2.33 bits per heavy atom. The Bertz CT molecular complexity index is 636. The molecule has 1 aliphatic heterocycles. The van der Waals surface area contributed by atoms with E-state index < -0.39 is 5.97 Å². The van der Waals surface area contributed by atoms with E-state index in [1.807, 2.05) is 0 Å². The minimum Gasteiger partial charge on any atom is -0.478 e. The van der Waals surface area contributed by atoms with Crippen LogP contribution in [-0.2, 0) is 0 Å². The summed E-state index contributed by atoms with van der Waals surface area (Å²) in [4.78, 5) is 15.6. The highest BCUT2D eigenvalue weighted by atomic mass is 32.2. The maximum atomic E-state index is 10.9. The highest BCUT2D eigenvalue weighted by Crippen LogP contribution is 2.32. The zero-order valence-electron chi connectivity index (χ0n) is 9.07. The number of carboxylic acids is 1. The van der Waals surface area contributed by atoms with Gasteiger partial charge in [-0.1, -0.05) is 0 Å². The van der Waals surface area contributed by atoms with Crippen LogP contribution in [0.15, 0.2) is 46.2 Å². The molecule has 7 heteroatoms. The molecule has 0 saturated carbocycles. The summed E-state index contributed by atoms with van der Waals surface area (Å²) in [6.07, 6.45) is 5.09. The van der Waals surface area contributed by atoms with Gasteiger partial charge in [-0.2, -0.15) is 4.40 Å². The van der Waals surface area contributed by atoms with Gasteiger partial charge in [-0.15, -0.1) is 0 Å². The van der Waals surface area contributed by atoms with E-state index >= 15 is 0 Å². The molecule has 0 radical (unpaired) electrons. The molecule has 0 amide bonds. The van der Waals surface area contributed by atoms with Crippen molar-refractivity contribution in [3.05, 3.63) is 42.5 Å². The molecule has 6 nitrogen and oxygen atoms in total. The van der Waals surface area contributed by atoms with Crippen LogP contribution in [0.25, 0.3) is 0 Å². The average molecular weight is 260 g/mol. The summed E-state index contributed by atoms with van der Waals surface area (Å²) in [5.74, 6) is -0.295. The van der Waals surface area contributed by atoms with Gasteiger partial charge in [-0.25, -0.2) is 9.78 Å². The van der Waals surface area contributed by atoms with Crippen LogP contribution in [0.1, 0.15) is 10.4 Å². The maximum Gasteiger partial charge on any atom is 0.335 e. The van der Waals surface area contributed by atoms with E-state index in [0.29, 0.717) is 5.96 Å². The van der Waals surface area contributed by atoms with E-state index in [1.54, 1.807) is 41.5 Å². The predicted molar refractivity (Wildman–Crippen MR) is 67.9 cm³/mol. The third-order valence-electron chi connectivity index (χ3n) is 2.45. The third-order valence-corrected chi connectivity index (χ3v) is 3.25. The van der Waals surface area contributed by atoms with Crippen LogP contribution in [0, 0.1) is 0 Å². The molecular formula is C11H8N4O2S. The second-order valence-electron chi connectivity index (χ2n) is 3.62. The monoisotopic (exact) mass is 260 g/mol. The molecule has 0 unspecified atom stereocenters. The van der Waals surface area contributed by atoms with Crippen molar-refractivity contribution in [2.24, 2.45) is 4.40 Å². The van der Waals surface area contributed by atoms with E-state index in [4.69, 9.17) is 5.11 Å². The molecule has 0 aliphatic carbocycles. The molecule has 1 aromatic heterocycles. The normalized spacial score (nSPS) is 13.4. The lowest BCUT2D eigenvalue weighted by Crippen LogP contribution is -2.22. The minimum atomic E-state index is -0.942. The Labute approximate surface area is 107 Å². The van der Waals surface area contributed by atoms with Crippen molar-refractivity contribution >= 4 is 29.6 Å². The van der Waals surface area contributed by atoms with Crippen molar-refractivity contribution in [3.8, 4) is 0 Å². The standard InChI is InChI=1S/C11H8N4O2S/c16-10(17)7-1-2-8-9(5-7)18-14-11(13-8)15-4-3-12-6-15/h1-6H,(H,13,14)(H,16,17). The van der Waals surface area contributed by atoms with E-state index in [2.05, 4.69) is 14.7 Å². The molecule has 3 rings (SSSR count). The van der Waals surface area contributed by atoms with Crippen molar-refractivity contribution < 1.29 is 9.90 Å². The van der Waals surface area contributed by atoms with Gasteiger partial charge >= 0.3 is 5.97 Å². The van der Waals surface area contributed by atoms with Crippen LogP contribution in [-0.4, -0.2) is 26.6 Å². The molecular weight excluding hydrogens is 252 g/mol. The first kappa shape index (κ1) is 10.8. The first-order valence-electron chi connectivity index (χ1n) is 5.12. The number of nitrogens with one attached hydrogen (secondary N) is 1. The molecule has 0 bridgehead atoms. The number of hydrogen-bond acceptors (Lipinski definition) is 5. The second kappa shape index (κ2) is 4.19. The van der Waals surface area contributed by atoms with E-state index in [1.165, 1.54) is 11.9 Å². The largest absolute Gasteiger partial charge is 0.478 e. The van der Waals surface area contributed by atoms with Gasteiger partial charge in [0.15, 0.2) is 0 Å².